The Morgan fingerprint density at radius 3 is 2.90 bits per heavy atom. The molecule has 3 aromatic heterocycles. The third-order valence-corrected chi connectivity index (χ3v) is 3.15. The largest absolute Gasteiger partial charge is 0.423 e. The lowest BCUT2D eigenvalue weighted by Crippen LogP contribution is -2.20. The molecule has 3 rings (SSSR count). The van der Waals surface area contributed by atoms with E-state index in [1.54, 1.807) is 13.1 Å². The van der Waals surface area contributed by atoms with Gasteiger partial charge in [0.2, 0.25) is 0 Å². The summed E-state index contributed by atoms with van der Waals surface area (Å²) in [7, 11) is 0. The molecule has 0 radical (unpaired) electrons. The quantitative estimate of drug-likeness (QED) is 0.705. The summed E-state index contributed by atoms with van der Waals surface area (Å²) in [5.41, 5.74) is 1.71. The molecule has 0 saturated heterocycles. The molecule has 21 heavy (non-hydrogen) atoms. The summed E-state index contributed by atoms with van der Waals surface area (Å²) in [6.45, 7) is 2.25. The van der Waals surface area contributed by atoms with Crippen molar-refractivity contribution in [3.05, 3.63) is 58.5 Å². The average molecular weight is 283 g/mol. The zero-order valence-corrected chi connectivity index (χ0v) is 11.3. The molecule has 0 amide bonds. The predicted octanol–water partition coefficient (Wildman–Crippen LogP) is 1.34. The first kappa shape index (κ1) is 13.0. The van der Waals surface area contributed by atoms with E-state index in [0.717, 1.165) is 5.69 Å². The highest BCUT2D eigenvalue weighted by Crippen LogP contribution is 2.22. The smallest absolute Gasteiger partial charge is 0.286 e. The second-order valence-corrected chi connectivity index (χ2v) is 4.54. The predicted molar refractivity (Wildman–Crippen MR) is 77.3 cm³/mol. The van der Waals surface area contributed by atoms with Crippen molar-refractivity contribution in [1.82, 2.24) is 19.7 Å². The van der Waals surface area contributed by atoms with Gasteiger partial charge < -0.3 is 10.5 Å². The number of anilines is 1. The fourth-order valence-electron chi connectivity index (χ4n) is 2.13. The Bertz CT molecular complexity index is 845. The van der Waals surface area contributed by atoms with Gasteiger partial charge in [-0.25, -0.2) is 9.97 Å². The number of pyridine rings is 2. The van der Waals surface area contributed by atoms with Crippen LogP contribution in [0.1, 0.15) is 11.4 Å². The number of fused-ring (bicyclic) bond motifs is 1. The third kappa shape index (κ3) is 2.40. The van der Waals surface area contributed by atoms with Crippen LogP contribution in [0.4, 0.5) is 5.69 Å². The van der Waals surface area contributed by atoms with E-state index in [1.165, 1.54) is 12.4 Å². The highest BCUT2D eigenvalue weighted by molar-refractivity contribution is 5.90. The van der Waals surface area contributed by atoms with Crippen LogP contribution in [0.3, 0.4) is 0 Å². The van der Waals surface area contributed by atoms with Crippen molar-refractivity contribution < 1.29 is 5.21 Å². The van der Waals surface area contributed by atoms with Gasteiger partial charge in [-0.2, -0.15) is 0 Å². The molecule has 0 unspecified atom stereocenters. The molecule has 0 saturated carbocycles. The van der Waals surface area contributed by atoms with E-state index in [9.17, 15) is 10.0 Å². The Morgan fingerprint density at radius 1 is 1.29 bits per heavy atom. The van der Waals surface area contributed by atoms with Gasteiger partial charge in [-0.15, -0.1) is 4.73 Å². The first-order valence-electron chi connectivity index (χ1n) is 6.37. The Hall–Kier alpha value is -2.96. The van der Waals surface area contributed by atoms with E-state index >= 15 is 0 Å². The van der Waals surface area contributed by atoms with Gasteiger partial charge in [0, 0.05) is 12.3 Å². The van der Waals surface area contributed by atoms with Crippen LogP contribution in [-0.4, -0.2) is 24.9 Å². The molecule has 0 atom stereocenters. The topological polar surface area (TPSA) is 92.9 Å². The first-order valence-corrected chi connectivity index (χ1v) is 6.37. The van der Waals surface area contributed by atoms with Crippen molar-refractivity contribution in [2.75, 3.05) is 5.32 Å². The normalized spacial score (nSPS) is 10.7. The fourth-order valence-corrected chi connectivity index (χ4v) is 2.13. The minimum Gasteiger partial charge on any atom is -0.423 e. The van der Waals surface area contributed by atoms with E-state index in [1.807, 2.05) is 18.2 Å². The maximum atomic E-state index is 11.8. The maximum absolute atomic E-state index is 11.8. The number of aryl methyl sites for hydroxylation is 1. The van der Waals surface area contributed by atoms with Crippen LogP contribution in [0.25, 0.3) is 11.0 Å². The summed E-state index contributed by atoms with van der Waals surface area (Å²) in [5.74, 6) is 0. The van der Waals surface area contributed by atoms with Crippen molar-refractivity contribution >= 4 is 16.7 Å². The molecule has 3 aromatic rings. The summed E-state index contributed by atoms with van der Waals surface area (Å²) >= 11 is 0. The number of hydrogen-bond donors (Lipinski definition) is 2. The van der Waals surface area contributed by atoms with Gasteiger partial charge in [0.25, 0.3) is 5.56 Å². The van der Waals surface area contributed by atoms with Crippen molar-refractivity contribution in [2.45, 2.75) is 13.5 Å². The molecule has 0 spiro atoms. The highest BCUT2D eigenvalue weighted by Gasteiger charge is 2.12. The van der Waals surface area contributed by atoms with Gasteiger partial charge in [0.15, 0.2) is 5.65 Å². The lowest BCUT2D eigenvalue weighted by atomic mass is 10.2. The second kappa shape index (κ2) is 5.20. The van der Waals surface area contributed by atoms with E-state index in [4.69, 9.17) is 0 Å². The number of nitrogens with one attached hydrogen (secondary N) is 1. The molecule has 0 fully saturated rings. The van der Waals surface area contributed by atoms with E-state index in [2.05, 4.69) is 20.3 Å². The number of rotatable bonds is 3. The highest BCUT2D eigenvalue weighted by atomic mass is 16.5. The minimum atomic E-state index is -0.552. The standard InChI is InChI=1S/C14H13N5O2/c1-9-13-11(16-7-10-4-2-3-5-15-10)6-12(20)19(21)14(13)18-8-17-9/h2-6,8,16,21H,7H2,1H3. The van der Waals surface area contributed by atoms with Crippen LogP contribution in [0.15, 0.2) is 41.6 Å². The van der Waals surface area contributed by atoms with E-state index in [0.29, 0.717) is 28.0 Å². The van der Waals surface area contributed by atoms with Gasteiger partial charge in [-0.3, -0.25) is 9.78 Å². The average Bonchev–Trinajstić information content (AvgIpc) is 2.50. The lowest BCUT2D eigenvalue weighted by Gasteiger charge is -2.11. The van der Waals surface area contributed by atoms with Gasteiger partial charge in [0.1, 0.15) is 6.33 Å². The number of aromatic nitrogens is 4. The molecule has 2 N–H and O–H groups in total. The van der Waals surface area contributed by atoms with Crippen LogP contribution < -0.4 is 10.9 Å². The SMILES string of the molecule is Cc1ncnc2c1c(NCc1ccccn1)cc(=O)n2O. The molecular weight excluding hydrogens is 270 g/mol. The van der Waals surface area contributed by atoms with E-state index in [-0.39, 0.29) is 5.65 Å². The number of nitrogens with zero attached hydrogens (tertiary/aromatic N) is 4. The Balaban J connectivity index is 2.06. The molecule has 7 heteroatoms. The van der Waals surface area contributed by atoms with Crippen LogP contribution in [-0.2, 0) is 6.54 Å². The Labute approximate surface area is 119 Å². The summed E-state index contributed by atoms with van der Waals surface area (Å²) in [5, 5.41) is 13.5. The molecule has 0 aliphatic heterocycles. The fraction of sp³-hybridized carbons (Fsp3) is 0.143. The van der Waals surface area contributed by atoms with Crippen molar-refractivity contribution in [3.8, 4) is 0 Å². The third-order valence-electron chi connectivity index (χ3n) is 3.15. The van der Waals surface area contributed by atoms with E-state index < -0.39 is 5.56 Å². The Morgan fingerprint density at radius 2 is 2.14 bits per heavy atom. The van der Waals surface area contributed by atoms with Crippen molar-refractivity contribution in [2.24, 2.45) is 0 Å². The zero-order valence-electron chi connectivity index (χ0n) is 11.3. The molecular formula is C14H13N5O2. The second-order valence-electron chi connectivity index (χ2n) is 4.54. The molecule has 0 bridgehead atoms. The Kier molecular flexibility index (Phi) is 3.23. The molecule has 106 valence electrons. The number of hydrogen-bond acceptors (Lipinski definition) is 6. The first-order chi connectivity index (χ1) is 10.2. The monoisotopic (exact) mass is 283 g/mol. The van der Waals surface area contributed by atoms with Crippen molar-refractivity contribution in [1.29, 1.82) is 0 Å². The lowest BCUT2D eigenvalue weighted by molar-refractivity contribution is 0.186. The van der Waals surface area contributed by atoms with Crippen LogP contribution in [0.5, 0.6) is 0 Å². The van der Waals surface area contributed by atoms with Gasteiger partial charge in [-0.1, -0.05) is 6.07 Å². The van der Waals surface area contributed by atoms with Crippen molar-refractivity contribution in [3.63, 3.8) is 0 Å². The molecule has 0 aromatic carbocycles. The summed E-state index contributed by atoms with van der Waals surface area (Å²) in [6.07, 6.45) is 3.02. The van der Waals surface area contributed by atoms with Gasteiger partial charge in [0.05, 0.1) is 29.0 Å². The zero-order chi connectivity index (χ0) is 14.8. The molecule has 3 heterocycles. The summed E-state index contributed by atoms with van der Waals surface area (Å²) in [4.78, 5) is 24.0. The molecule has 0 aliphatic rings. The van der Waals surface area contributed by atoms with Crippen LogP contribution in [0, 0.1) is 6.92 Å². The van der Waals surface area contributed by atoms with Crippen LogP contribution in [0.2, 0.25) is 0 Å². The van der Waals surface area contributed by atoms with Gasteiger partial charge >= 0.3 is 0 Å². The minimum absolute atomic E-state index is 0.179. The molecule has 7 nitrogen and oxygen atoms in total. The van der Waals surface area contributed by atoms with Gasteiger partial charge in [-0.05, 0) is 19.1 Å². The van der Waals surface area contributed by atoms with Crippen LogP contribution >= 0.6 is 0 Å². The summed E-state index contributed by atoms with van der Waals surface area (Å²) in [6, 6.07) is 6.93. The molecule has 0 aliphatic carbocycles. The maximum Gasteiger partial charge on any atom is 0.286 e. The summed E-state index contributed by atoms with van der Waals surface area (Å²) < 4.78 is 0.524.